The van der Waals surface area contributed by atoms with Crippen LogP contribution in [0.4, 0.5) is 0 Å². The van der Waals surface area contributed by atoms with Crippen LogP contribution >= 0.6 is 0 Å². The number of benzene rings is 1. The molecule has 1 fully saturated rings. The Labute approximate surface area is 154 Å². The van der Waals surface area contributed by atoms with Crippen molar-refractivity contribution in [1.29, 1.82) is 0 Å². The van der Waals surface area contributed by atoms with E-state index in [0.717, 1.165) is 42.8 Å². The third-order valence-electron chi connectivity index (χ3n) is 5.66. The second kappa shape index (κ2) is 6.16. The molecule has 0 saturated carbocycles. The first kappa shape index (κ1) is 17.2. The van der Waals surface area contributed by atoms with Crippen LogP contribution in [0.3, 0.4) is 0 Å². The third-order valence-corrected chi connectivity index (χ3v) is 5.66. The molecule has 5 nitrogen and oxygen atoms in total. The molecule has 5 heteroatoms. The molecule has 1 aromatic heterocycles. The molecule has 1 spiro atoms. The van der Waals surface area contributed by atoms with Gasteiger partial charge in [0.25, 0.3) is 5.91 Å². The van der Waals surface area contributed by atoms with Gasteiger partial charge in [-0.1, -0.05) is 30.3 Å². The van der Waals surface area contributed by atoms with Crippen molar-refractivity contribution >= 4 is 5.91 Å². The number of aryl methyl sites for hydroxylation is 1. The van der Waals surface area contributed by atoms with Crippen LogP contribution in [0.1, 0.15) is 44.4 Å². The molecule has 26 heavy (non-hydrogen) atoms. The molecule has 136 valence electrons. The van der Waals surface area contributed by atoms with Crippen molar-refractivity contribution in [3.05, 3.63) is 47.8 Å². The highest BCUT2D eigenvalue weighted by Gasteiger charge is 2.46. The maximum Gasteiger partial charge on any atom is 0.253 e. The fourth-order valence-corrected chi connectivity index (χ4v) is 4.36. The maximum absolute atomic E-state index is 12.6. The number of carbonyl (C=O) groups is 1. The topological polar surface area (TPSA) is 66.3 Å². The van der Waals surface area contributed by atoms with Gasteiger partial charge in [0.05, 0.1) is 5.69 Å². The van der Waals surface area contributed by atoms with E-state index in [-0.39, 0.29) is 11.3 Å². The van der Waals surface area contributed by atoms with Crippen molar-refractivity contribution in [1.82, 2.24) is 14.9 Å². The molecule has 2 aromatic rings. The predicted molar refractivity (Wildman–Crippen MR) is 99.6 cm³/mol. The SMILES string of the molecule is CC(C)(O)C(=O)N1CCCC2(CCc3cnc(-c4ccccc4)nc32)C1. The van der Waals surface area contributed by atoms with E-state index in [0.29, 0.717) is 13.1 Å². The molecular formula is C21H25N3O2. The Hall–Kier alpha value is -2.27. The zero-order chi connectivity index (χ0) is 18.4. The molecule has 1 N–H and O–H groups in total. The van der Waals surface area contributed by atoms with Gasteiger partial charge in [-0.25, -0.2) is 9.97 Å². The fourth-order valence-electron chi connectivity index (χ4n) is 4.36. The Morgan fingerprint density at radius 2 is 2.00 bits per heavy atom. The number of piperidine rings is 1. The molecule has 1 unspecified atom stereocenters. The van der Waals surface area contributed by atoms with Crippen LogP contribution in [0.5, 0.6) is 0 Å². The third kappa shape index (κ3) is 2.90. The lowest BCUT2D eigenvalue weighted by atomic mass is 9.77. The van der Waals surface area contributed by atoms with Crippen LogP contribution in [0.2, 0.25) is 0 Å². The number of carbonyl (C=O) groups excluding carboxylic acids is 1. The predicted octanol–water partition coefficient (Wildman–Crippen LogP) is 2.72. The van der Waals surface area contributed by atoms with Crippen LogP contribution in [-0.4, -0.2) is 44.6 Å². The van der Waals surface area contributed by atoms with Crippen molar-refractivity contribution in [3.8, 4) is 11.4 Å². The highest BCUT2D eigenvalue weighted by Crippen LogP contribution is 2.44. The van der Waals surface area contributed by atoms with Gasteiger partial charge in [0, 0.05) is 30.3 Å². The summed E-state index contributed by atoms with van der Waals surface area (Å²) in [7, 11) is 0. The lowest BCUT2D eigenvalue weighted by Gasteiger charge is -2.42. The Kier molecular flexibility index (Phi) is 4.07. The normalized spacial score (nSPS) is 22.5. The number of amides is 1. The average Bonchev–Trinajstić information content (AvgIpc) is 2.98. The molecule has 2 aliphatic rings. The van der Waals surface area contributed by atoms with Crippen molar-refractivity contribution < 1.29 is 9.90 Å². The largest absolute Gasteiger partial charge is 0.381 e. The summed E-state index contributed by atoms with van der Waals surface area (Å²) in [6, 6.07) is 10.0. The van der Waals surface area contributed by atoms with Gasteiger partial charge >= 0.3 is 0 Å². The highest BCUT2D eigenvalue weighted by atomic mass is 16.3. The van der Waals surface area contributed by atoms with Crippen molar-refractivity contribution in [2.24, 2.45) is 0 Å². The highest BCUT2D eigenvalue weighted by molar-refractivity contribution is 5.84. The van der Waals surface area contributed by atoms with Crippen molar-refractivity contribution in [3.63, 3.8) is 0 Å². The smallest absolute Gasteiger partial charge is 0.253 e. The molecule has 1 atom stereocenters. The molecule has 1 aliphatic heterocycles. The van der Waals surface area contributed by atoms with Gasteiger partial charge in [0.1, 0.15) is 5.60 Å². The van der Waals surface area contributed by atoms with Crippen LogP contribution in [-0.2, 0) is 16.6 Å². The van der Waals surface area contributed by atoms with E-state index in [2.05, 4.69) is 4.98 Å². The number of rotatable bonds is 2. The van der Waals surface area contributed by atoms with E-state index in [4.69, 9.17) is 4.98 Å². The summed E-state index contributed by atoms with van der Waals surface area (Å²) in [6.45, 7) is 4.47. The van der Waals surface area contributed by atoms with Crippen molar-refractivity contribution in [2.75, 3.05) is 13.1 Å². The molecule has 1 saturated heterocycles. The van der Waals surface area contributed by atoms with Gasteiger partial charge in [-0.15, -0.1) is 0 Å². The molecule has 1 aliphatic carbocycles. The summed E-state index contributed by atoms with van der Waals surface area (Å²) < 4.78 is 0. The van der Waals surface area contributed by atoms with E-state index >= 15 is 0 Å². The van der Waals surface area contributed by atoms with Gasteiger partial charge in [-0.05, 0) is 45.1 Å². The molecule has 2 heterocycles. The number of fused-ring (bicyclic) bond motifs is 2. The maximum atomic E-state index is 12.6. The fraction of sp³-hybridized carbons (Fsp3) is 0.476. The summed E-state index contributed by atoms with van der Waals surface area (Å²) in [5.41, 5.74) is 1.86. The van der Waals surface area contributed by atoms with Crippen LogP contribution in [0.25, 0.3) is 11.4 Å². The van der Waals surface area contributed by atoms with E-state index in [1.54, 1.807) is 13.8 Å². The Bertz CT molecular complexity index is 825. The van der Waals surface area contributed by atoms with Gasteiger partial charge in [-0.3, -0.25) is 4.79 Å². The minimum absolute atomic E-state index is 0.110. The Morgan fingerprint density at radius 1 is 1.23 bits per heavy atom. The molecule has 1 amide bonds. The number of nitrogens with zero attached hydrogens (tertiary/aromatic N) is 3. The molecule has 1 aromatic carbocycles. The van der Waals surface area contributed by atoms with Gasteiger partial charge in [0.15, 0.2) is 5.82 Å². The number of likely N-dealkylation sites (tertiary alicyclic amines) is 1. The average molecular weight is 351 g/mol. The monoisotopic (exact) mass is 351 g/mol. The van der Waals surface area contributed by atoms with Crippen LogP contribution in [0, 0.1) is 0 Å². The van der Waals surface area contributed by atoms with E-state index in [9.17, 15) is 9.90 Å². The zero-order valence-corrected chi connectivity index (χ0v) is 15.4. The first-order valence-corrected chi connectivity index (χ1v) is 9.33. The number of hydrogen-bond acceptors (Lipinski definition) is 4. The van der Waals surface area contributed by atoms with E-state index in [1.165, 1.54) is 5.56 Å². The first-order chi connectivity index (χ1) is 12.4. The number of hydrogen-bond donors (Lipinski definition) is 1. The summed E-state index contributed by atoms with van der Waals surface area (Å²) in [6.07, 6.45) is 5.86. The lowest BCUT2D eigenvalue weighted by molar-refractivity contribution is -0.150. The van der Waals surface area contributed by atoms with E-state index in [1.807, 2.05) is 41.4 Å². The number of aromatic nitrogens is 2. The molecule has 0 bridgehead atoms. The first-order valence-electron chi connectivity index (χ1n) is 9.33. The van der Waals surface area contributed by atoms with Crippen LogP contribution in [0.15, 0.2) is 36.5 Å². The van der Waals surface area contributed by atoms with Crippen molar-refractivity contribution in [2.45, 2.75) is 50.5 Å². The molecular weight excluding hydrogens is 326 g/mol. The standard InChI is InChI=1S/C21H25N3O2/c1-20(2,26)19(25)24-12-6-10-21(14-24)11-9-16-13-22-18(23-17(16)21)15-7-4-3-5-8-15/h3-5,7-8,13,26H,6,9-12,14H2,1-2H3. The van der Waals surface area contributed by atoms with Gasteiger partial charge in [0.2, 0.25) is 0 Å². The summed E-state index contributed by atoms with van der Waals surface area (Å²) in [5.74, 6) is 0.555. The summed E-state index contributed by atoms with van der Waals surface area (Å²) in [5, 5.41) is 10.1. The second-order valence-electron chi connectivity index (χ2n) is 8.10. The molecule has 0 radical (unpaired) electrons. The van der Waals surface area contributed by atoms with E-state index < -0.39 is 5.60 Å². The summed E-state index contributed by atoms with van der Waals surface area (Å²) in [4.78, 5) is 23.9. The zero-order valence-electron chi connectivity index (χ0n) is 15.4. The lowest BCUT2D eigenvalue weighted by Crippen LogP contribution is -2.53. The number of aliphatic hydroxyl groups is 1. The minimum atomic E-state index is -1.33. The Morgan fingerprint density at radius 3 is 2.73 bits per heavy atom. The quantitative estimate of drug-likeness (QED) is 0.903. The second-order valence-corrected chi connectivity index (χ2v) is 8.10. The minimum Gasteiger partial charge on any atom is -0.381 e. The molecule has 4 rings (SSSR count). The van der Waals surface area contributed by atoms with Gasteiger partial charge < -0.3 is 10.0 Å². The summed E-state index contributed by atoms with van der Waals surface area (Å²) >= 11 is 0. The van der Waals surface area contributed by atoms with Crippen LogP contribution < -0.4 is 0 Å². The Balaban J connectivity index is 1.69. The van der Waals surface area contributed by atoms with Gasteiger partial charge in [-0.2, -0.15) is 0 Å².